The standard InChI is InChI=1S/C37H59NO4/c1-4-6-7-8-9-10-11-12-13-14-15-16-17-18-22-25-33(39)41-29(3)42-36(40)38(5-2)35-32-27-26-31-28-37(31,32)34(35)30-23-20-19-21-24-30/h19-21,23-24,29,31-32,34-35H,4-18,22,25-28H2,1-3H3. The molecule has 0 bridgehead atoms. The van der Waals surface area contributed by atoms with Gasteiger partial charge in [0, 0.05) is 31.8 Å². The van der Waals surface area contributed by atoms with Crippen LogP contribution >= 0.6 is 0 Å². The van der Waals surface area contributed by atoms with Crippen molar-refractivity contribution in [1.82, 2.24) is 4.90 Å². The van der Waals surface area contributed by atoms with Crippen LogP contribution in [0, 0.1) is 17.3 Å². The quantitative estimate of drug-likeness (QED) is 0.0823. The molecule has 1 amide bonds. The van der Waals surface area contributed by atoms with Crippen LogP contribution in [-0.2, 0) is 14.3 Å². The molecule has 3 aliphatic carbocycles. The topological polar surface area (TPSA) is 55.8 Å². The van der Waals surface area contributed by atoms with Gasteiger partial charge in [-0.2, -0.15) is 0 Å². The molecule has 1 aromatic carbocycles. The van der Waals surface area contributed by atoms with Crippen molar-refractivity contribution in [2.75, 3.05) is 6.54 Å². The molecule has 0 aromatic heterocycles. The lowest BCUT2D eigenvalue weighted by molar-refractivity contribution is -0.167. The molecule has 1 spiro atoms. The third kappa shape index (κ3) is 8.32. The van der Waals surface area contributed by atoms with Crippen LogP contribution in [0.3, 0.4) is 0 Å². The van der Waals surface area contributed by atoms with Crippen molar-refractivity contribution in [1.29, 1.82) is 0 Å². The third-order valence-corrected chi connectivity index (χ3v) is 10.7. The van der Waals surface area contributed by atoms with E-state index in [1.165, 1.54) is 108 Å². The maximum atomic E-state index is 13.3. The second-order valence-corrected chi connectivity index (χ2v) is 13.5. The number of unbranched alkanes of at least 4 members (excludes halogenated alkanes) is 14. The zero-order chi connectivity index (χ0) is 29.8. The first kappa shape index (κ1) is 32.9. The molecule has 1 aromatic rings. The van der Waals surface area contributed by atoms with Gasteiger partial charge in [-0.15, -0.1) is 0 Å². The maximum Gasteiger partial charge on any atom is 0.413 e. The van der Waals surface area contributed by atoms with E-state index >= 15 is 0 Å². The average Bonchev–Trinajstić information content (AvgIpc) is 3.64. The summed E-state index contributed by atoms with van der Waals surface area (Å²) in [7, 11) is 0. The average molecular weight is 582 g/mol. The minimum absolute atomic E-state index is 0.167. The van der Waals surface area contributed by atoms with E-state index in [9.17, 15) is 9.59 Å². The number of carbonyl (C=O) groups is 2. The van der Waals surface area contributed by atoms with Crippen LogP contribution in [0.1, 0.15) is 154 Å². The Morgan fingerprint density at radius 2 is 1.38 bits per heavy atom. The van der Waals surface area contributed by atoms with Crippen molar-refractivity contribution in [2.45, 2.75) is 161 Å². The molecule has 3 aliphatic rings. The second-order valence-electron chi connectivity index (χ2n) is 13.5. The van der Waals surface area contributed by atoms with E-state index < -0.39 is 6.29 Å². The predicted octanol–water partition coefficient (Wildman–Crippen LogP) is 10.2. The fourth-order valence-electron chi connectivity index (χ4n) is 8.52. The lowest BCUT2D eigenvalue weighted by Crippen LogP contribution is -2.60. The van der Waals surface area contributed by atoms with E-state index in [1.54, 1.807) is 6.92 Å². The number of rotatable bonds is 21. The minimum Gasteiger partial charge on any atom is -0.425 e. The summed E-state index contributed by atoms with van der Waals surface area (Å²) in [6.07, 6.45) is 22.4. The molecule has 0 radical (unpaired) electrons. The lowest BCUT2D eigenvalue weighted by Gasteiger charge is -2.56. The Morgan fingerprint density at radius 1 is 0.810 bits per heavy atom. The summed E-state index contributed by atoms with van der Waals surface area (Å²) < 4.78 is 11.2. The van der Waals surface area contributed by atoms with Gasteiger partial charge in [0.05, 0.1) is 0 Å². The highest BCUT2D eigenvalue weighted by molar-refractivity contribution is 5.71. The van der Waals surface area contributed by atoms with Gasteiger partial charge in [-0.05, 0) is 55.4 Å². The lowest BCUT2D eigenvalue weighted by atomic mass is 9.55. The number of likely N-dealkylation sites (N-methyl/N-ethyl adjacent to an activating group) is 1. The molecule has 5 nitrogen and oxygen atoms in total. The fourth-order valence-corrected chi connectivity index (χ4v) is 8.52. The first-order valence-corrected chi connectivity index (χ1v) is 17.7. The van der Waals surface area contributed by atoms with E-state index in [0.29, 0.717) is 30.2 Å². The number of esters is 1. The number of nitrogens with zero attached hydrogens (tertiary/aromatic N) is 1. The second kappa shape index (κ2) is 16.7. The van der Waals surface area contributed by atoms with Crippen LogP contribution in [0.4, 0.5) is 4.79 Å². The summed E-state index contributed by atoms with van der Waals surface area (Å²) in [6, 6.07) is 10.9. The Bertz CT molecular complexity index is 950. The van der Waals surface area contributed by atoms with E-state index in [0.717, 1.165) is 18.8 Å². The van der Waals surface area contributed by atoms with Gasteiger partial charge >= 0.3 is 12.1 Å². The predicted molar refractivity (Wildman–Crippen MR) is 170 cm³/mol. The van der Waals surface area contributed by atoms with Crippen LogP contribution < -0.4 is 0 Å². The van der Waals surface area contributed by atoms with E-state index in [4.69, 9.17) is 9.47 Å². The summed E-state index contributed by atoms with van der Waals surface area (Å²) in [4.78, 5) is 27.6. The Morgan fingerprint density at radius 3 is 1.93 bits per heavy atom. The van der Waals surface area contributed by atoms with Gasteiger partial charge in [0.15, 0.2) is 0 Å². The highest BCUT2D eigenvalue weighted by atomic mass is 16.7. The number of ether oxygens (including phenoxy) is 2. The first-order valence-electron chi connectivity index (χ1n) is 17.7. The van der Waals surface area contributed by atoms with Crippen LogP contribution in [0.5, 0.6) is 0 Å². The Kier molecular flexibility index (Phi) is 13.1. The largest absolute Gasteiger partial charge is 0.425 e. The van der Waals surface area contributed by atoms with Crippen molar-refractivity contribution in [3.63, 3.8) is 0 Å². The van der Waals surface area contributed by atoms with Crippen LogP contribution in [0.25, 0.3) is 0 Å². The van der Waals surface area contributed by atoms with Gasteiger partial charge in [0.1, 0.15) is 0 Å². The molecule has 3 saturated carbocycles. The van der Waals surface area contributed by atoms with Crippen molar-refractivity contribution in [2.24, 2.45) is 17.3 Å². The number of amides is 1. The number of hydrogen-bond acceptors (Lipinski definition) is 4. The third-order valence-electron chi connectivity index (χ3n) is 10.7. The molecule has 0 saturated heterocycles. The SMILES string of the molecule is CCCCCCCCCCCCCCCCCC(=O)OC(C)OC(=O)N(CC)C1C2CCC3CC32C1c1ccccc1. The molecular weight excluding hydrogens is 522 g/mol. The van der Waals surface area contributed by atoms with E-state index in [-0.39, 0.29) is 18.1 Å². The van der Waals surface area contributed by atoms with Crippen LogP contribution in [0.15, 0.2) is 30.3 Å². The fraction of sp³-hybridized carbons (Fsp3) is 0.784. The van der Waals surface area contributed by atoms with Crippen molar-refractivity contribution in [3.05, 3.63) is 35.9 Å². The van der Waals surface area contributed by atoms with Crippen molar-refractivity contribution < 1.29 is 19.1 Å². The van der Waals surface area contributed by atoms with Gasteiger partial charge < -0.3 is 14.4 Å². The number of hydrogen-bond donors (Lipinski definition) is 0. The Labute approximate surface area is 256 Å². The summed E-state index contributed by atoms with van der Waals surface area (Å²) in [5.74, 6) is 1.49. The normalized spacial score (nSPS) is 26.1. The van der Waals surface area contributed by atoms with Crippen LogP contribution in [0.2, 0.25) is 0 Å². The molecule has 42 heavy (non-hydrogen) atoms. The highest BCUT2D eigenvalue weighted by Crippen LogP contribution is 2.81. The van der Waals surface area contributed by atoms with Gasteiger partial charge in [-0.1, -0.05) is 127 Å². The molecule has 4 rings (SSSR count). The Balaban J connectivity index is 1.06. The van der Waals surface area contributed by atoms with E-state index in [1.807, 2.05) is 11.8 Å². The zero-order valence-electron chi connectivity index (χ0n) is 27.0. The van der Waals surface area contributed by atoms with Gasteiger partial charge in [0.2, 0.25) is 6.29 Å². The van der Waals surface area contributed by atoms with E-state index in [2.05, 4.69) is 37.3 Å². The molecule has 6 atom stereocenters. The molecule has 0 aliphatic heterocycles. The molecule has 5 heteroatoms. The summed E-state index contributed by atoms with van der Waals surface area (Å²) >= 11 is 0. The molecule has 0 N–H and O–H groups in total. The monoisotopic (exact) mass is 581 g/mol. The van der Waals surface area contributed by atoms with Gasteiger partial charge in [-0.25, -0.2) is 4.79 Å². The zero-order valence-corrected chi connectivity index (χ0v) is 27.0. The van der Waals surface area contributed by atoms with Gasteiger partial charge in [0.25, 0.3) is 0 Å². The summed E-state index contributed by atoms with van der Waals surface area (Å²) in [6.45, 7) is 6.57. The molecule has 236 valence electrons. The summed E-state index contributed by atoms with van der Waals surface area (Å²) in [5, 5.41) is 0. The summed E-state index contributed by atoms with van der Waals surface area (Å²) in [5.41, 5.74) is 1.74. The molecule has 0 heterocycles. The van der Waals surface area contributed by atoms with Gasteiger partial charge in [-0.3, -0.25) is 4.79 Å². The maximum absolute atomic E-state index is 13.3. The molecule has 3 fully saturated rings. The number of carbonyl (C=O) groups excluding carboxylic acids is 2. The molecule has 6 unspecified atom stereocenters. The molecular formula is C37H59NO4. The van der Waals surface area contributed by atoms with Crippen molar-refractivity contribution >= 4 is 12.1 Å². The van der Waals surface area contributed by atoms with Crippen LogP contribution in [-0.4, -0.2) is 35.8 Å². The smallest absolute Gasteiger partial charge is 0.413 e. The first-order chi connectivity index (χ1) is 20.5. The number of benzene rings is 1. The Hall–Kier alpha value is -2.04. The minimum atomic E-state index is -0.864. The van der Waals surface area contributed by atoms with Crippen molar-refractivity contribution in [3.8, 4) is 0 Å². The highest BCUT2D eigenvalue weighted by Gasteiger charge is 2.77.